The van der Waals surface area contributed by atoms with E-state index in [1.165, 1.54) is 0 Å². The molecule has 1 saturated heterocycles. The van der Waals surface area contributed by atoms with Gasteiger partial charge in [-0.05, 0) is 34.6 Å². The summed E-state index contributed by atoms with van der Waals surface area (Å²) in [6, 6.07) is 0.253. The quantitative estimate of drug-likeness (QED) is 0.658. The molecule has 84 valence electrons. The fourth-order valence-corrected chi connectivity index (χ4v) is 2.06. The van der Waals surface area contributed by atoms with Crippen molar-refractivity contribution in [2.24, 2.45) is 0 Å². The van der Waals surface area contributed by atoms with Crippen LogP contribution in [0.3, 0.4) is 0 Å². The van der Waals surface area contributed by atoms with Gasteiger partial charge in [0, 0.05) is 30.2 Å². The number of rotatable bonds is 1. The van der Waals surface area contributed by atoms with E-state index in [4.69, 9.17) is 0 Å². The Morgan fingerprint density at radius 1 is 1.43 bits per heavy atom. The Bertz CT molecular complexity index is 196. The second-order valence-electron chi connectivity index (χ2n) is 5.90. The molecule has 0 spiro atoms. The molecule has 0 aromatic rings. The van der Waals surface area contributed by atoms with Crippen LogP contribution in [0.25, 0.3) is 0 Å². The third-order valence-corrected chi connectivity index (χ3v) is 2.90. The predicted octanol–water partition coefficient (Wildman–Crippen LogP) is 0.830. The molecule has 3 nitrogen and oxygen atoms in total. The average molecular weight is 200 g/mol. The normalized spacial score (nSPS) is 29.1. The SMILES string of the molecule is CC1(C)CN(C(C)(C)C)C(CO)CN1. The number of hydrogen-bond donors (Lipinski definition) is 2. The second kappa shape index (κ2) is 3.80. The first kappa shape index (κ1) is 12.0. The molecule has 0 aromatic carbocycles. The Kier molecular flexibility index (Phi) is 3.24. The van der Waals surface area contributed by atoms with E-state index < -0.39 is 0 Å². The molecule has 0 aliphatic carbocycles. The smallest absolute Gasteiger partial charge is 0.0599 e. The maximum Gasteiger partial charge on any atom is 0.0599 e. The molecule has 1 unspecified atom stereocenters. The van der Waals surface area contributed by atoms with Gasteiger partial charge in [-0.2, -0.15) is 0 Å². The summed E-state index contributed by atoms with van der Waals surface area (Å²) in [5.41, 5.74) is 0.283. The van der Waals surface area contributed by atoms with Crippen LogP contribution in [-0.2, 0) is 0 Å². The minimum atomic E-state index is 0.132. The third kappa shape index (κ3) is 2.69. The van der Waals surface area contributed by atoms with Gasteiger partial charge in [0.1, 0.15) is 0 Å². The molecule has 3 heteroatoms. The van der Waals surface area contributed by atoms with Crippen LogP contribution in [0.1, 0.15) is 34.6 Å². The molecule has 1 rings (SSSR count). The van der Waals surface area contributed by atoms with Crippen molar-refractivity contribution < 1.29 is 5.11 Å². The van der Waals surface area contributed by atoms with Gasteiger partial charge in [0.05, 0.1) is 6.61 Å². The Hall–Kier alpha value is -0.120. The number of aliphatic hydroxyl groups is 1. The Labute approximate surface area is 87.5 Å². The van der Waals surface area contributed by atoms with Crippen LogP contribution >= 0.6 is 0 Å². The molecular formula is C11H24N2O. The predicted molar refractivity (Wildman–Crippen MR) is 59.4 cm³/mol. The van der Waals surface area contributed by atoms with Crippen molar-refractivity contribution in [3.63, 3.8) is 0 Å². The first-order chi connectivity index (χ1) is 6.26. The summed E-state index contributed by atoms with van der Waals surface area (Å²) in [4.78, 5) is 2.39. The molecule has 1 heterocycles. The lowest BCUT2D eigenvalue weighted by Gasteiger charge is -2.50. The number of nitrogens with zero attached hydrogens (tertiary/aromatic N) is 1. The van der Waals surface area contributed by atoms with Crippen molar-refractivity contribution in [2.75, 3.05) is 19.7 Å². The van der Waals surface area contributed by atoms with Crippen molar-refractivity contribution in [3.8, 4) is 0 Å². The van der Waals surface area contributed by atoms with Crippen molar-refractivity contribution in [1.82, 2.24) is 10.2 Å². The zero-order chi connectivity index (χ0) is 11.0. The van der Waals surface area contributed by atoms with Gasteiger partial charge in [0.25, 0.3) is 0 Å². The van der Waals surface area contributed by atoms with Crippen LogP contribution in [0.15, 0.2) is 0 Å². The molecular weight excluding hydrogens is 176 g/mol. The summed E-state index contributed by atoms with van der Waals surface area (Å²) in [5.74, 6) is 0. The van der Waals surface area contributed by atoms with Crippen molar-refractivity contribution in [3.05, 3.63) is 0 Å². The largest absolute Gasteiger partial charge is 0.395 e. The van der Waals surface area contributed by atoms with E-state index >= 15 is 0 Å². The molecule has 2 N–H and O–H groups in total. The highest BCUT2D eigenvalue weighted by Crippen LogP contribution is 2.23. The summed E-state index contributed by atoms with van der Waals surface area (Å²) < 4.78 is 0. The van der Waals surface area contributed by atoms with Crippen LogP contribution in [0.2, 0.25) is 0 Å². The fraction of sp³-hybridized carbons (Fsp3) is 1.00. The van der Waals surface area contributed by atoms with Gasteiger partial charge >= 0.3 is 0 Å². The molecule has 1 aliphatic rings. The van der Waals surface area contributed by atoms with Gasteiger partial charge in [-0.15, -0.1) is 0 Å². The molecule has 0 saturated carbocycles. The average Bonchev–Trinajstić information content (AvgIpc) is 2.01. The van der Waals surface area contributed by atoms with Gasteiger partial charge < -0.3 is 10.4 Å². The lowest BCUT2D eigenvalue weighted by Crippen LogP contribution is -2.66. The molecule has 0 radical (unpaired) electrons. The molecule has 0 bridgehead atoms. The Morgan fingerprint density at radius 3 is 2.43 bits per heavy atom. The third-order valence-electron chi connectivity index (χ3n) is 2.90. The first-order valence-electron chi connectivity index (χ1n) is 5.39. The molecule has 1 aliphatic heterocycles. The van der Waals surface area contributed by atoms with Crippen LogP contribution in [0.4, 0.5) is 0 Å². The maximum absolute atomic E-state index is 9.31. The summed E-state index contributed by atoms with van der Waals surface area (Å²) in [5, 5.41) is 12.8. The Balaban J connectivity index is 2.76. The molecule has 0 aromatic heterocycles. The zero-order valence-electron chi connectivity index (χ0n) is 10.1. The van der Waals surface area contributed by atoms with E-state index in [1.807, 2.05) is 0 Å². The van der Waals surface area contributed by atoms with Crippen LogP contribution in [0, 0.1) is 0 Å². The van der Waals surface area contributed by atoms with E-state index in [0.29, 0.717) is 0 Å². The van der Waals surface area contributed by atoms with Crippen molar-refractivity contribution in [1.29, 1.82) is 0 Å². The summed E-state index contributed by atoms with van der Waals surface area (Å²) in [6.07, 6.45) is 0. The monoisotopic (exact) mass is 200 g/mol. The fourth-order valence-electron chi connectivity index (χ4n) is 2.06. The standard InChI is InChI=1S/C11H24N2O/c1-10(2,3)13-8-11(4,5)12-6-9(13)7-14/h9,12,14H,6-8H2,1-5H3. The van der Waals surface area contributed by atoms with Gasteiger partial charge in [0.15, 0.2) is 0 Å². The van der Waals surface area contributed by atoms with Crippen molar-refractivity contribution in [2.45, 2.75) is 51.7 Å². The maximum atomic E-state index is 9.31. The topological polar surface area (TPSA) is 35.5 Å². The van der Waals surface area contributed by atoms with Gasteiger partial charge in [-0.1, -0.05) is 0 Å². The van der Waals surface area contributed by atoms with Crippen LogP contribution in [-0.4, -0.2) is 46.8 Å². The summed E-state index contributed by atoms with van der Waals surface area (Å²) in [6.45, 7) is 13.1. The highest BCUT2D eigenvalue weighted by Gasteiger charge is 2.37. The first-order valence-corrected chi connectivity index (χ1v) is 5.39. The highest BCUT2D eigenvalue weighted by atomic mass is 16.3. The van der Waals surface area contributed by atoms with Gasteiger partial charge in [0.2, 0.25) is 0 Å². The molecule has 0 amide bonds. The van der Waals surface area contributed by atoms with Crippen LogP contribution < -0.4 is 5.32 Å². The van der Waals surface area contributed by atoms with E-state index in [0.717, 1.165) is 13.1 Å². The molecule has 14 heavy (non-hydrogen) atoms. The van der Waals surface area contributed by atoms with Gasteiger partial charge in [-0.25, -0.2) is 0 Å². The highest BCUT2D eigenvalue weighted by molar-refractivity contribution is 4.96. The lowest BCUT2D eigenvalue weighted by atomic mass is 9.93. The zero-order valence-corrected chi connectivity index (χ0v) is 10.1. The van der Waals surface area contributed by atoms with Crippen molar-refractivity contribution >= 4 is 0 Å². The summed E-state index contributed by atoms with van der Waals surface area (Å²) in [7, 11) is 0. The number of aliphatic hydroxyl groups excluding tert-OH is 1. The lowest BCUT2D eigenvalue weighted by molar-refractivity contribution is -0.00515. The van der Waals surface area contributed by atoms with E-state index in [9.17, 15) is 5.11 Å². The Morgan fingerprint density at radius 2 is 2.00 bits per heavy atom. The number of hydrogen-bond acceptors (Lipinski definition) is 3. The van der Waals surface area contributed by atoms with Crippen LogP contribution in [0.5, 0.6) is 0 Å². The number of nitrogens with one attached hydrogen (secondary N) is 1. The van der Waals surface area contributed by atoms with E-state index in [-0.39, 0.29) is 23.7 Å². The second-order valence-corrected chi connectivity index (χ2v) is 5.90. The molecule has 1 fully saturated rings. The minimum Gasteiger partial charge on any atom is -0.395 e. The van der Waals surface area contributed by atoms with E-state index in [1.54, 1.807) is 0 Å². The number of piperazine rings is 1. The van der Waals surface area contributed by atoms with E-state index in [2.05, 4.69) is 44.8 Å². The van der Waals surface area contributed by atoms with Gasteiger partial charge in [-0.3, -0.25) is 4.90 Å². The molecule has 1 atom stereocenters. The summed E-state index contributed by atoms with van der Waals surface area (Å²) >= 11 is 0. The minimum absolute atomic E-state index is 0.132.